The normalized spacial score (nSPS) is 23.9. The Hall–Kier alpha value is -2.94. The lowest BCUT2D eigenvalue weighted by atomic mass is 9.79. The molecule has 0 aliphatic carbocycles. The molecule has 5 rings (SSSR count). The first-order valence-corrected chi connectivity index (χ1v) is 11.1. The van der Waals surface area contributed by atoms with Crippen LogP contribution in [0.4, 0.5) is 5.95 Å². The summed E-state index contributed by atoms with van der Waals surface area (Å²) in [6, 6.07) is 15.3. The van der Waals surface area contributed by atoms with Crippen LogP contribution in [0.1, 0.15) is 22.3 Å². The highest BCUT2D eigenvalue weighted by atomic mass is 16.5. The largest absolute Gasteiger partial charge is 0.389 e. The van der Waals surface area contributed by atoms with E-state index in [-0.39, 0.29) is 5.91 Å². The zero-order valence-electron chi connectivity index (χ0n) is 18.3. The van der Waals surface area contributed by atoms with Gasteiger partial charge in [0.25, 0.3) is 5.91 Å². The highest BCUT2D eigenvalue weighted by Crippen LogP contribution is 2.32. The monoisotopic (exact) mass is 435 g/mol. The molecular formula is C24H29N5O3. The molecule has 0 saturated carbocycles. The minimum absolute atomic E-state index is 0.213. The summed E-state index contributed by atoms with van der Waals surface area (Å²) in [5.41, 5.74) is 2.37. The van der Waals surface area contributed by atoms with E-state index in [1.807, 2.05) is 55.6 Å². The summed E-state index contributed by atoms with van der Waals surface area (Å²) in [5, 5.41) is 17.3. The van der Waals surface area contributed by atoms with Crippen molar-refractivity contribution in [3.63, 3.8) is 0 Å². The standard InChI is InChI=1S/C24H29N5O3/c1-28-20-8-7-17(15-19(20)26-23(28)29-11-13-32-14-12-29)22(31)27-24(9-10-25-16-21(24)30)18-5-3-2-4-6-18/h2-8,15,21,25,30H,9-14,16H2,1H3,(H,27,31)/t21-,24+/m1/s1. The summed E-state index contributed by atoms with van der Waals surface area (Å²) in [5.74, 6) is 0.672. The van der Waals surface area contributed by atoms with E-state index in [0.29, 0.717) is 38.3 Å². The molecule has 0 bridgehead atoms. The molecule has 8 heteroatoms. The van der Waals surface area contributed by atoms with Crippen molar-refractivity contribution >= 4 is 22.9 Å². The molecule has 0 spiro atoms. The summed E-state index contributed by atoms with van der Waals surface area (Å²) in [4.78, 5) is 20.4. The molecule has 2 saturated heterocycles. The lowest BCUT2D eigenvalue weighted by molar-refractivity contribution is 0.0290. The number of benzene rings is 2. The van der Waals surface area contributed by atoms with Crippen molar-refractivity contribution in [3.8, 4) is 0 Å². The molecule has 0 unspecified atom stereocenters. The molecule has 32 heavy (non-hydrogen) atoms. The second-order valence-electron chi connectivity index (χ2n) is 8.54. The average molecular weight is 436 g/mol. The van der Waals surface area contributed by atoms with Crippen LogP contribution in [-0.4, -0.2) is 66.1 Å². The SMILES string of the molecule is Cn1c(N2CCOCC2)nc2cc(C(=O)N[C@]3(c4ccccc4)CCNC[C@H]3O)ccc21. The molecule has 3 N–H and O–H groups in total. The molecular weight excluding hydrogens is 406 g/mol. The third-order valence-electron chi connectivity index (χ3n) is 6.64. The molecule has 2 aromatic carbocycles. The second-order valence-corrected chi connectivity index (χ2v) is 8.54. The van der Waals surface area contributed by atoms with E-state index < -0.39 is 11.6 Å². The van der Waals surface area contributed by atoms with E-state index in [1.54, 1.807) is 0 Å². The molecule has 0 radical (unpaired) electrons. The lowest BCUT2D eigenvalue weighted by Gasteiger charge is -2.43. The van der Waals surface area contributed by atoms with E-state index in [4.69, 9.17) is 9.72 Å². The van der Waals surface area contributed by atoms with Crippen molar-refractivity contribution in [2.24, 2.45) is 7.05 Å². The van der Waals surface area contributed by atoms with Crippen LogP contribution in [0.25, 0.3) is 11.0 Å². The molecule has 1 amide bonds. The molecule has 2 aliphatic rings. The number of imidazole rings is 1. The number of hydrogen-bond acceptors (Lipinski definition) is 6. The van der Waals surface area contributed by atoms with Gasteiger partial charge < -0.3 is 29.9 Å². The predicted molar refractivity (Wildman–Crippen MR) is 123 cm³/mol. The second kappa shape index (κ2) is 8.54. The number of aryl methyl sites for hydroxylation is 1. The molecule has 168 valence electrons. The van der Waals surface area contributed by atoms with Gasteiger partial charge in [-0.2, -0.15) is 0 Å². The Balaban J connectivity index is 1.46. The highest BCUT2D eigenvalue weighted by molar-refractivity contribution is 5.98. The number of ether oxygens (including phenoxy) is 1. The highest BCUT2D eigenvalue weighted by Gasteiger charge is 2.43. The molecule has 2 fully saturated rings. The first kappa shape index (κ1) is 20.9. The van der Waals surface area contributed by atoms with Gasteiger partial charge in [0, 0.05) is 32.2 Å². The number of amides is 1. The number of piperidine rings is 1. The van der Waals surface area contributed by atoms with Crippen LogP contribution in [0.2, 0.25) is 0 Å². The number of nitrogens with one attached hydrogen (secondary N) is 2. The topological polar surface area (TPSA) is 91.7 Å². The zero-order valence-corrected chi connectivity index (χ0v) is 18.3. The van der Waals surface area contributed by atoms with Crippen LogP contribution in [-0.2, 0) is 17.3 Å². The van der Waals surface area contributed by atoms with Gasteiger partial charge in [0.1, 0.15) is 0 Å². The number of anilines is 1. The number of β-amino-alcohol motifs (C(OH)–C–C–N with tert-alkyl or cyclic N) is 1. The summed E-state index contributed by atoms with van der Waals surface area (Å²) in [6.07, 6.45) is -0.120. The van der Waals surface area contributed by atoms with E-state index in [1.165, 1.54) is 0 Å². The maximum absolute atomic E-state index is 13.4. The molecule has 1 aromatic heterocycles. The number of aliphatic hydroxyl groups excluding tert-OH is 1. The average Bonchev–Trinajstić information content (AvgIpc) is 3.17. The van der Waals surface area contributed by atoms with Crippen LogP contribution in [0.3, 0.4) is 0 Å². The van der Waals surface area contributed by atoms with Crippen molar-refractivity contribution in [1.82, 2.24) is 20.2 Å². The molecule has 2 atom stereocenters. The summed E-state index contributed by atoms with van der Waals surface area (Å²) >= 11 is 0. The minimum Gasteiger partial charge on any atom is -0.389 e. The fourth-order valence-corrected chi connectivity index (χ4v) is 4.80. The third-order valence-corrected chi connectivity index (χ3v) is 6.64. The lowest BCUT2D eigenvalue weighted by Crippen LogP contribution is -2.61. The minimum atomic E-state index is -0.832. The van der Waals surface area contributed by atoms with Gasteiger partial charge in [-0.25, -0.2) is 4.98 Å². The Labute approximate surface area is 187 Å². The molecule has 8 nitrogen and oxygen atoms in total. The smallest absolute Gasteiger partial charge is 0.252 e. The predicted octanol–water partition coefficient (Wildman–Crippen LogP) is 1.39. The maximum Gasteiger partial charge on any atom is 0.252 e. The van der Waals surface area contributed by atoms with Crippen LogP contribution in [0.15, 0.2) is 48.5 Å². The molecule has 3 aromatic rings. The Kier molecular flexibility index (Phi) is 5.58. The van der Waals surface area contributed by atoms with Gasteiger partial charge in [-0.15, -0.1) is 0 Å². The van der Waals surface area contributed by atoms with Crippen LogP contribution < -0.4 is 15.5 Å². The van der Waals surface area contributed by atoms with Crippen molar-refractivity contribution in [2.45, 2.75) is 18.1 Å². The number of rotatable bonds is 4. The zero-order chi connectivity index (χ0) is 22.1. The van der Waals surface area contributed by atoms with E-state index in [0.717, 1.165) is 35.6 Å². The van der Waals surface area contributed by atoms with Gasteiger partial charge in [0.15, 0.2) is 0 Å². The summed E-state index contributed by atoms with van der Waals surface area (Å²) in [6.45, 7) is 4.13. The number of morpholine rings is 1. The van der Waals surface area contributed by atoms with Crippen molar-refractivity contribution in [1.29, 1.82) is 0 Å². The van der Waals surface area contributed by atoms with Gasteiger partial charge >= 0.3 is 0 Å². The summed E-state index contributed by atoms with van der Waals surface area (Å²) < 4.78 is 7.52. The fourth-order valence-electron chi connectivity index (χ4n) is 4.80. The number of carbonyl (C=O) groups excluding carboxylic acids is 1. The molecule has 2 aliphatic heterocycles. The van der Waals surface area contributed by atoms with Crippen molar-refractivity contribution in [3.05, 3.63) is 59.7 Å². The third kappa shape index (κ3) is 3.64. The molecule has 3 heterocycles. The quantitative estimate of drug-likeness (QED) is 0.574. The fraction of sp³-hybridized carbons (Fsp3) is 0.417. The van der Waals surface area contributed by atoms with Gasteiger partial charge in [-0.05, 0) is 36.7 Å². The van der Waals surface area contributed by atoms with Gasteiger partial charge in [0.2, 0.25) is 5.95 Å². The van der Waals surface area contributed by atoms with Crippen molar-refractivity contribution < 1.29 is 14.6 Å². The Morgan fingerprint density at radius 1 is 1.22 bits per heavy atom. The van der Waals surface area contributed by atoms with E-state index >= 15 is 0 Å². The Morgan fingerprint density at radius 2 is 2.00 bits per heavy atom. The van der Waals surface area contributed by atoms with Gasteiger partial charge in [-0.3, -0.25) is 4.79 Å². The first-order chi connectivity index (χ1) is 15.6. The Bertz CT molecular complexity index is 1110. The van der Waals surface area contributed by atoms with Gasteiger partial charge in [-0.1, -0.05) is 30.3 Å². The number of aliphatic hydroxyl groups is 1. The number of carbonyl (C=O) groups is 1. The number of aromatic nitrogens is 2. The number of hydrogen-bond donors (Lipinski definition) is 3. The van der Waals surface area contributed by atoms with Crippen LogP contribution in [0, 0.1) is 0 Å². The van der Waals surface area contributed by atoms with Crippen LogP contribution in [0.5, 0.6) is 0 Å². The van der Waals surface area contributed by atoms with Crippen molar-refractivity contribution in [2.75, 3.05) is 44.3 Å². The first-order valence-electron chi connectivity index (χ1n) is 11.1. The number of nitrogens with zero attached hydrogens (tertiary/aromatic N) is 3. The van der Waals surface area contributed by atoms with Gasteiger partial charge in [0.05, 0.1) is 35.9 Å². The maximum atomic E-state index is 13.4. The van der Waals surface area contributed by atoms with E-state index in [2.05, 4.69) is 20.1 Å². The Morgan fingerprint density at radius 3 is 2.75 bits per heavy atom. The summed E-state index contributed by atoms with van der Waals surface area (Å²) in [7, 11) is 2.00. The van der Waals surface area contributed by atoms with Crippen LogP contribution >= 0.6 is 0 Å². The van der Waals surface area contributed by atoms with E-state index in [9.17, 15) is 9.90 Å². The number of fused-ring (bicyclic) bond motifs is 1.